The number of aryl methyl sites for hydroxylation is 1. The number of unbranched alkanes of at least 4 members (excludes halogenated alkanes) is 1. The first-order valence-corrected chi connectivity index (χ1v) is 12.8. The summed E-state index contributed by atoms with van der Waals surface area (Å²) >= 11 is 3.30. The van der Waals surface area contributed by atoms with E-state index in [4.69, 9.17) is 9.84 Å². The minimum absolute atomic E-state index is 0.111. The van der Waals surface area contributed by atoms with Crippen molar-refractivity contribution in [3.8, 4) is 5.75 Å². The van der Waals surface area contributed by atoms with Crippen molar-refractivity contribution >= 4 is 22.2 Å². The Labute approximate surface area is 224 Å². The Morgan fingerprint density at radius 3 is 2.54 bits per heavy atom. The van der Waals surface area contributed by atoms with E-state index in [-0.39, 0.29) is 22.2 Å². The highest BCUT2D eigenvalue weighted by atomic mass is 79.9. The van der Waals surface area contributed by atoms with Gasteiger partial charge in [-0.2, -0.15) is 0 Å². The molecule has 2 aromatic carbocycles. The fourth-order valence-electron chi connectivity index (χ4n) is 3.52. The molecule has 200 valence electrons. The van der Waals surface area contributed by atoms with Gasteiger partial charge in [0.2, 0.25) is 0 Å². The third kappa shape index (κ3) is 9.50. The Morgan fingerprint density at radius 1 is 1.16 bits per heavy atom. The van der Waals surface area contributed by atoms with Crippen LogP contribution in [0.25, 0.3) is 0 Å². The van der Waals surface area contributed by atoms with Crippen molar-refractivity contribution in [3.63, 3.8) is 0 Å². The predicted octanol–water partition coefficient (Wildman–Crippen LogP) is 5.28. The highest BCUT2D eigenvalue weighted by Crippen LogP contribution is 2.24. The van der Waals surface area contributed by atoms with Crippen LogP contribution in [-0.4, -0.2) is 29.1 Å². The maximum Gasteiger partial charge on any atom is 0.269 e. The smallest absolute Gasteiger partial charge is 0.269 e. The molecule has 1 atom stereocenters. The number of carbonyl (C=O) groups is 1. The number of halogens is 3. The number of hydrogen-bond donors (Lipinski definition) is 2. The number of aliphatic hydroxyl groups is 1. The van der Waals surface area contributed by atoms with Crippen molar-refractivity contribution in [1.29, 1.82) is 0 Å². The lowest BCUT2D eigenvalue weighted by Crippen LogP contribution is -2.24. The van der Waals surface area contributed by atoms with E-state index in [1.54, 1.807) is 10.6 Å². The van der Waals surface area contributed by atoms with Crippen molar-refractivity contribution in [1.82, 2.24) is 9.88 Å². The second-order valence-electron chi connectivity index (χ2n) is 8.58. The monoisotopic (exact) mass is 578 g/mol. The molecule has 1 heterocycles. The molecule has 1 aromatic heterocycles. The summed E-state index contributed by atoms with van der Waals surface area (Å²) < 4.78 is 34.4. The summed E-state index contributed by atoms with van der Waals surface area (Å²) in [5.41, 5.74) is 2.83. The molecule has 3 rings (SSSR count). The zero-order valence-corrected chi connectivity index (χ0v) is 22.9. The number of ether oxygens (including phenoxy) is 1. The number of hydrogen-bond acceptors (Lipinski definition) is 5. The quantitative estimate of drug-likeness (QED) is 0.302. The highest BCUT2D eigenvalue weighted by molar-refractivity contribution is 9.10. The molecule has 6 nitrogen and oxygen atoms in total. The van der Waals surface area contributed by atoms with Crippen molar-refractivity contribution in [2.45, 2.75) is 58.9 Å². The molecule has 0 aliphatic carbocycles. The van der Waals surface area contributed by atoms with Gasteiger partial charge in [0, 0.05) is 29.9 Å². The molecule has 37 heavy (non-hydrogen) atoms. The number of nitrogens with one attached hydrogen (secondary N) is 1. The van der Waals surface area contributed by atoms with Crippen molar-refractivity contribution in [2.24, 2.45) is 0 Å². The molecule has 1 unspecified atom stereocenters. The van der Waals surface area contributed by atoms with E-state index in [1.165, 1.54) is 12.1 Å². The summed E-state index contributed by atoms with van der Waals surface area (Å²) in [5, 5.41) is 11.7. The zero-order valence-electron chi connectivity index (χ0n) is 21.3. The first-order chi connectivity index (χ1) is 17.7. The minimum atomic E-state index is -0.727. The summed E-state index contributed by atoms with van der Waals surface area (Å²) in [6.45, 7) is 4.90. The lowest BCUT2D eigenvalue weighted by molar-refractivity contribution is -0.115. The van der Waals surface area contributed by atoms with E-state index in [0.717, 1.165) is 36.6 Å². The van der Waals surface area contributed by atoms with Gasteiger partial charge in [-0.25, -0.2) is 8.78 Å². The van der Waals surface area contributed by atoms with Gasteiger partial charge in [0.15, 0.2) is 0 Å². The van der Waals surface area contributed by atoms with E-state index in [2.05, 4.69) is 27.3 Å². The van der Waals surface area contributed by atoms with Crippen LogP contribution in [0.15, 0.2) is 57.8 Å². The van der Waals surface area contributed by atoms with E-state index in [0.29, 0.717) is 30.7 Å². The summed E-state index contributed by atoms with van der Waals surface area (Å²) in [6.07, 6.45) is 2.43. The van der Waals surface area contributed by atoms with Crippen LogP contribution >= 0.6 is 15.9 Å². The van der Waals surface area contributed by atoms with E-state index in [1.807, 2.05) is 39.1 Å². The zero-order chi connectivity index (χ0) is 27.4. The number of aldehydes is 1. The first kappa shape index (κ1) is 30.3. The van der Waals surface area contributed by atoms with Crippen LogP contribution in [0.1, 0.15) is 48.6 Å². The van der Waals surface area contributed by atoms with Crippen LogP contribution in [-0.2, 0) is 24.5 Å². The second kappa shape index (κ2) is 15.4. The number of nitrogens with zero attached hydrogens (tertiary/aromatic N) is 1. The van der Waals surface area contributed by atoms with Gasteiger partial charge in [0.25, 0.3) is 5.56 Å². The molecule has 0 saturated carbocycles. The number of carbonyl (C=O) groups excluding carboxylic acids is 1. The molecule has 0 bridgehead atoms. The average Bonchev–Trinajstić information content (AvgIpc) is 2.88. The maximum absolute atomic E-state index is 13.8. The topological polar surface area (TPSA) is 80.6 Å². The molecule has 0 radical (unpaired) electrons. The number of benzene rings is 2. The van der Waals surface area contributed by atoms with Crippen molar-refractivity contribution in [3.05, 3.63) is 97.4 Å². The predicted molar refractivity (Wildman–Crippen MR) is 144 cm³/mol. The number of aromatic nitrogens is 1. The van der Waals surface area contributed by atoms with Crippen LogP contribution in [0.2, 0.25) is 0 Å². The van der Waals surface area contributed by atoms with Gasteiger partial charge < -0.3 is 24.5 Å². The van der Waals surface area contributed by atoms with Crippen LogP contribution in [0, 0.1) is 18.6 Å². The van der Waals surface area contributed by atoms with Gasteiger partial charge >= 0.3 is 0 Å². The third-order valence-electron chi connectivity index (χ3n) is 5.54. The molecule has 3 aromatic rings. The molecule has 9 heteroatoms. The van der Waals surface area contributed by atoms with Crippen LogP contribution in [0.5, 0.6) is 5.75 Å². The summed E-state index contributed by atoms with van der Waals surface area (Å²) in [7, 11) is 1.88. The molecular formula is C28H33BrF2N2O4. The standard InChI is InChI=1S/C22H21BrF2N2O2.C6H12O2/c1-14-8-20(29-13-17-6-7-18(24)10-19(17)25)21(23)22(28)27(14)12-16-5-3-4-15(9-16)11-26-2;1-2-3-4-6(8)5-7/h3-10,26H,11-13H2,1-2H3;5-6,8H,2-4H2,1H3. The first-order valence-electron chi connectivity index (χ1n) is 12.0. The summed E-state index contributed by atoms with van der Waals surface area (Å²) in [4.78, 5) is 22.6. The van der Waals surface area contributed by atoms with E-state index in [9.17, 15) is 18.4 Å². The van der Waals surface area contributed by atoms with E-state index >= 15 is 0 Å². The van der Waals surface area contributed by atoms with Crippen LogP contribution < -0.4 is 15.6 Å². The lowest BCUT2D eigenvalue weighted by atomic mass is 10.1. The Morgan fingerprint density at radius 2 is 1.89 bits per heavy atom. The van der Waals surface area contributed by atoms with Crippen molar-refractivity contribution < 1.29 is 23.4 Å². The van der Waals surface area contributed by atoms with E-state index < -0.39 is 17.7 Å². The lowest BCUT2D eigenvalue weighted by Gasteiger charge is -2.15. The molecule has 2 N–H and O–H groups in total. The van der Waals surface area contributed by atoms with Crippen LogP contribution in [0.3, 0.4) is 0 Å². The number of aliphatic hydroxyl groups excluding tert-OH is 1. The van der Waals surface area contributed by atoms with Gasteiger partial charge in [-0.15, -0.1) is 0 Å². The normalized spacial score (nSPS) is 11.4. The Balaban J connectivity index is 0.000000521. The third-order valence-corrected chi connectivity index (χ3v) is 6.27. The van der Waals surface area contributed by atoms with Gasteiger partial charge in [-0.05, 0) is 59.6 Å². The maximum atomic E-state index is 13.8. The molecule has 0 spiro atoms. The Hall–Kier alpha value is -2.88. The largest absolute Gasteiger partial charge is 0.487 e. The SMILES string of the molecule is CCCCC(O)C=O.CNCc1cccc(Cn2c(C)cc(OCc3ccc(F)cc3F)c(Br)c2=O)c1. The van der Waals surface area contributed by atoms with Gasteiger partial charge in [0.05, 0.1) is 6.54 Å². The molecular weight excluding hydrogens is 546 g/mol. The average molecular weight is 579 g/mol. The number of rotatable bonds is 11. The highest BCUT2D eigenvalue weighted by Gasteiger charge is 2.14. The fourth-order valence-corrected chi connectivity index (χ4v) is 3.96. The van der Waals surface area contributed by atoms with Crippen molar-refractivity contribution in [2.75, 3.05) is 7.05 Å². The van der Waals surface area contributed by atoms with Gasteiger partial charge in [-0.3, -0.25) is 4.79 Å². The minimum Gasteiger partial charge on any atom is -0.487 e. The molecule has 0 amide bonds. The Bertz CT molecular complexity index is 1230. The molecule has 0 saturated heterocycles. The summed E-state index contributed by atoms with van der Waals surface area (Å²) in [6, 6.07) is 13.0. The second-order valence-corrected chi connectivity index (χ2v) is 9.37. The number of pyridine rings is 1. The van der Waals surface area contributed by atoms with Gasteiger partial charge in [-0.1, -0.05) is 44.0 Å². The Kier molecular flexibility index (Phi) is 12.6. The molecule has 0 fully saturated rings. The molecule has 0 aliphatic rings. The van der Waals surface area contributed by atoms with Crippen LogP contribution in [0.4, 0.5) is 8.78 Å². The molecule has 0 aliphatic heterocycles. The van der Waals surface area contributed by atoms with Gasteiger partial charge in [0.1, 0.15) is 40.9 Å². The fraction of sp³-hybridized carbons (Fsp3) is 0.357. The summed E-state index contributed by atoms with van der Waals surface area (Å²) in [5.74, 6) is -1.02.